The number of aromatic hydroxyl groups is 1. The number of benzene rings is 1. The molecule has 0 aliphatic carbocycles. The van der Waals surface area contributed by atoms with Gasteiger partial charge in [0.2, 0.25) is 5.88 Å². The molecule has 1 heterocycles. The van der Waals surface area contributed by atoms with Crippen LogP contribution in [0, 0.1) is 5.92 Å². The zero-order valence-electron chi connectivity index (χ0n) is 12.1. The van der Waals surface area contributed by atoms with Crippen LogP contribution in [0.3, 0.4) is 0 Å². The Balaban J connectivity index is 2.55. The monoisotopic (exact) mass is 258 g/mol. The molecular weight excluding hydrogens is 236 g/mol. The molecule has 0 bridgehead atoms. The van der Waals surface area contributed by atoms with E-state index in [-0.39, 0.29) is 6.04 Å². The highest BCUT2D eigenvalue weighted by Crippen LogP contribution is 2.33. The molecule has 0 amide bonds. The van der Waals surface area contributed by atoms with Crippen LogP contribution in [0.5, 0.6) is 5.88 Å². The zero-order chi connectivity index (χ0) is 14.0. The molecule has 1 aromatic carbocycles. The maximum absolute atomic E-state index is 10.4. The fourth-order valence-corrected chi connectivity index (χ4v) is 2.24. The number of hydrogen-bond acceptors (Lipinski definition) is 2. The fraction of sp³-hybridized carbons (Fsp3) is 0.438. The molecule has 1 N–H and O–H groups in total. The van der Waals surface area contributed by atoms with Gasteiger partial charge in [-0.15, -0.1) is 0 Å². The Kier molecular flexibility index (Phi) is 3.93. The molecule has 3 nitrogen and oxygen atoms in total. The summed E-state index contributed by atoms with van der Waals surface area (Å²) >= 11 is 0. The summed E-state index contributed by atoms with van der Waals surface area (Å²) in [6.45, 7) is 8.36. The van der Waals surface area contributed by atoms with Gasteiger partial charge in [0.05, 0.1) is 11.7 Å². The molecular formula is C16H22N2O. The second-order valence-corrected chi connectivity index (χ2v) is 5.65. The van der Waals surface area contributed by atoms with E-state index in [4.69, 9.17) is 0 Å². The normalized spacial score (nSPS) is 11.5. The third-order valence-corrected chi connectivity index (χ3v) is 3.13. The fourth-order valence-electron chi connectivity index (χ4n) is 2.24. The molecule has 0 aliphatic rings. The predicted molar refractivity (Wildman–Crippen MR) is 78.3 cm³/mol. The highest BCUT2D eigenvalue weighted by atomic mass is 16.3. The van der Waals surface area contributed by atoms with E-state index in [9.17, 15) is 5.11 Å². The van der Waals surface area contributed by atoms with E-state index in [0.717, 1.165) is 23.2 Å². The summed E-state index contributed by atoms with van der Waals surface area (Å²) in [7, 11) is 0. The van der Waals surface area contributed by atoms with Crippen molar-refractivity contribution in [1.29, 1.82) is 0 Å². The van der Waals surface area contributed by atoms with E-state index in [1.807, 2.05) is 44.2 Å². The molecule has 0 aliphatic heterocycles. The molecule has 0 spiro atoms. The molecule has 0 atom stereocenters. The van der Waals surface area contributed by atoms with Gasteiger partial charge in [0.1, 0.15) is 0 Å². The van der Waals surface area contributed by atoms with Crippen molar-refractivity contribution >= 4 is 0 Å². The van der Waals surface area contributed by atoms with Crippen LogP contribution in [0.1, 0.15) is 39.3 Å². The van der Waals surface area contributed by atoms with E-state index in [1.165, 1.54) is 0 Å². The lowest BCUT2D eigenvalue weighted by Crippen LogP contribution is -2.02. The van der Waals surface area contributed by atoms with Crippen LogP contribution in [-0.4, -0.2) is 14.9 Å². The van der Waals surface area contributed by atoms with Gasteiger partial charge in [-0.1, -0.05) is 44.2 Å². The Bertz CT molecular complexity index is 541. The summed E-state index contributed by atoms with van der Waals surface area (Å²) < 4.78 is 1.71. The van der Waals surface area contributed by atoms with Crippen LogP contribution in [-0.2, 0) is 6.42 Å². The van der Waals surface area contributed by atoms with Gasteiger partial charge >= 0.3 is 0 Å². The van der Waals surface area contributed by atoms with Gasteiger partial charge in [0, 0.05) is 11.1 Å². The first kappa shape index (κ1) is 13.7. The van der Waals surface area contributed by atoms with Crippen molar-refractivity contribution in [2.75, 3.05) is 0 Å². The van der Waals surface area contributed by atoms with Crippen LogP contribution >= 0.6 is 0 Å². The maximum atomic E-state index is 10.4. The van der Waals surface area contributed by atoms with Gasteiger partial charge in [0.15, 0.2) is 0 Å². The van der Waals surface area contributed by atoms with Crippen molar-refractivity contribution < 1.29 is 5.11 Å². The second-order valence-electron chi connectivity index (χ2n) is 5.65. The lowest BCUT2D eigenvalue weighted by atomic mass is 9.99. The molecule has 3 heteroatoms. The van der Waals surface area contributed by atoms with Gasteiger partial charge in [0.25, 0.3) is 0 Å². The first-order valence-electron chi connectivity index (χ1n) is 6.86. The Morgan fingerprint density at radius 3 is 2.26 bits per heavy atom. The maximum Gasteiger partial charge on any atom is 0.213 e. The molecule has 0 unspecified atom stereocenters. The van der Waals surface area contributed by atoms with Crippen LogP contribution in [0.25, 0.3) is 11.3 Å². The molecule has 0 fully saturated rings. The standard InChI is InChI=1S/C16H22N2O/c1-11(2)10-14-15(13-8-6-5-7-9-13)17-18(12(3)4)16(14)19/h5-9,11-12,19H,10H2,1-4H3. The molecule has 0 radical (unpaired) electrons. The quantitative estimate of drug-likeness (QED) is 0.899. The highest BCUT2D eigenvalue weighted by molar-refractivity contribution is 5.65. The van der Waals surface area contributed by atoms with Gasteiger partial charge in [-0.25, -0.2) is 4.68 Å². The first-order valence-corrected chi connectivity index (χ1v) is 6.86. The summed E-state index contributed by atoms with van der Waals surface area (Å²) in [6, 6.07) is 10.2. The Morgan fingerprint density at radius 2 is 1.74 bits per heavy atom. The molecule has 2 aromatic rings. The number of nitrogens with zero attached hydrogens (tertiary/aromatic N) is 2. The summed E-state index contributed by atoms with van der Waals surface area (Å²) in [5, 5.41) is 15.0. The van der Waals surface area contributed by atoms with Crippen LogP contribution in [0.15, 0.2) is 30.3 Å². The lowest BCUT2D eigenvalue weighted by Gasteiger charge is -2.08. The summed E-state index contributed by atoms with van der Waals surface area (Å²) in [5.74, 6) is 0.792. The Hall–Kier alpha value is -1.77. The minimum atomic E-state index is 0.156. The van der Waals surface area contributed by atoms with Crippen molar-refractivity contribution in [3.63, 3.8) is 0 Å². The summed E-state index contributed by atoms with van der Waals surface area (Å²) in [4.78, 5) is 0. The van der Waals surface area contributed by atoms with E-state index >= 15 is 0 Å². The van der Waals surface area contributed by atoms with Gasteiger partial charge in [-0.05, 0) is 26.2 Å². The summed E-state index contributed by atoms with van der Waals surface area (Å²) in [5.41, 5.74) is 2.92. The van der Waals surface area contributed by atoms with Gasteiger partial charge in [-0.3, -0.25) is 0 Å². The molecule has 1 aromatic heterocycles. The average Bonchev–Trinajstić information content (AvgIpc) is 2.68. The largest absolute Gasteiger partial charge is 0.493 e. The Labute approximate surface area is 114 Å². The number of hydrogen-bond donors (Lipinski definition) is 1. The first-order chi connectivity index (χ1) is 9.00. The van der Waals surface area contributed by atoms with Crippen LogP contribution in [0.4, 0.5) is 0 Å². The smallest absolute Gasteiger partial charge is 0.213 e. The van der Waals surface area contributed by atoms with Crippen LogP contribution < -0.4 is 0 Å². The second kappa shape index (κ2) is 5.47. The molecule has 2 rings (SSSR count). The minimum absolute atomic E-state index is 0.156. The van der Waals surface area contributed by atoms with Crippen molar-refractivity contribution in [2.24, 2.45) is 5.92 Å². The predicted octanol–water partition coefficient (Wildman–Crippen LogP) is 4.04. The van der Waals surface area contributed by atoms with E-state index in [1.54, 1.807) is 4.68 Å². The van der Waals surface area contributed by atoms with Crippen molar-refractivity contribution in [3.05, 3.63) is 35.9 Å². The van der Waals surface area contributed by atoms with E-state index in [2.05, 4.69) is 18.9 Å². The topological polar surface area (TPSA) is 38.0 Å². The lowest BCUT2D eigenvalue weighted by molar-refractivity contribution is 0.372. The third kappa shape index (κ3) is 2.80. The van der Waals surface area contributed by atoms with E-state index < -0.39 is 0 Å². The van der Waals surface area contributed by atoms with Crippen molar-refractivity contribution in [3.8, 4) is 17.1 Å². The number of rotatable bonds is 4. The zero-order valence-corrected chi connectivity index (χ0v) is 12.1. The molecule has 0 saturated heterocycles. The minimum Gasteiger partial charge on any atom is -0.493 e. The SMILES string of the molecule is CC(C)Cc1c(-c2ccccc2)nn(C(C)C)c1O. The van der Waals surface area contributed by atoms with E-state index in [0.29, 0.717) is 11.8 Å². The Morgan fingerprint density at radius 1 is 1.11 bits per heavy atom. The number of aromatic nitrogens is 2. The summed E-state index contributed by atoms with van der Waals surface area (Å²) in [6.07, 6.45) is 0.836. The highest BCUT2D eigenvalue weighted by Gasteiger charge is 2.20. The third-order valence-electron chi connectivity index (χ3n) is 3.13. The van der Waals surface area contributed by atoms with Gasteiger partial charge < -0.3 is 5.11 Å². The van der Waals surface area contributed by atoms with Crippen molar-refractivity contribution in [2.45, 2.75) is 40.2 Å². The van der Waals surface area contributed by atoms with Crippen molar-refractivity contribution in [1.82, 2.24) is 9.78 Å². The average molecular weight is 258 g/mol. The molecule has 102 valence electrons. The van der Waals surface area contributed by atoms with Crippen LogP contribution in [0.2, 0.25) is 0 Å². The van der Waals surface area contributed by atoms with Gasteiger partial charge in [-0.2, -0.15) is 5.10 Å². The molecule has 0 saturated carbocycles. The molecule has 19 heavy (non-hydrogen) atoms.